The van der Waals surface area contributed by atoms with E-state index in [0.29, 0.717) is 16.3 Å². The van der Waals surface area contributed by atoms with Gasteiger partial charge in [-0.3, -0.25) is 4.79 Å². The van der Waals surface area contributed by atoms with E-state index in [2.05, 4.69) is 8.75 Å². The van der Waals surface area contributed by atoms with Gasteiger partial charge in [0, 0.05) is 5.56 Å². The molecule has 2 aromatic rings. The smallest absolute Gasteiger partial charge is 0.215 e. The van der Waals surface area contributed by atoms with E-state index >= 15 is 0 Å². The van der Waals surface area contributed by atoms with E-state index in [1.165, 1.54) is 6.20 Å². The Balaban J connectivity index is 2.42. The van der Waals surface area contributed by atoms with E-state index in [1.54, 1.807) is 24.3 Å². The summed E-state index contributed by atoms with van der Waals surface area (Å²) in [7, 11) is 0. The molecule has 0 unspecified atom stereocenters. The van der Waals surface area contributed by atoms with Crippen LogP contribution in [0, 0.1) is 0 Å². The van der Waals surface area contributed by atoms with Gasteiger partial charge in [-0.2, -0.15) is 8.75 Å². The van der Waals surface area contributed by atoms with Crippen molar-refractivity contribution in [3.8, 4) is 0 Å². The van der Waals surface area contributed by atoms with E-state index in [9.17, 15) is 4.79 Å². The van der Waals surface area contributed by atoms with Crippen LogP contribution in [0.5, 0.6) is 0 Å². The van der Waals surface area contributed by atoms with Crippen LogP contribution in [0.25, 0.3) is 0 Å². The molecule has 5 heteroatoms. The molecular formula is C9H5ClN2OS. The molecule has 0 fully saturated rings. The Hall–Kier alpha value is -1.26. The first-order valence-electron chi connectivity index (χ1n) is 3.86. The molecule has 0 bridgehead atoms. The summed E-state index contributed by atoms with van der Waals surface area (Å²) >= 11 is 6.87. The summed E-state index contributed by atoms with van der Waals surface area (Å²) in [5.74, 6) is -0.190. The van der Waals surface area contributed by atoms with Crippen molar-refractivity contribution in [2.45, 2.75) is 0 Å². The van der Waals surface area contributed by atoms with E-state index < -0.39 is 0 Å². The molecule has 14 heavy (non-hydrogen) atoms. The highest BCUT2D eigenvalue weighted by Crippen LogP contribution is 2.18. The van der Waals surface area contributed by atoms with Gasteiger partial charge in [0.1, 0.15) is 5.69 Å². The number of hydrogen-bond acceptors (Lipinski definition) is 4. The number of nitrogens with zero attached hydrogens (tertiary/aromatic N) is 2. The van der Waals surface area contributed by atoms with Gasteiger partial charge in [-0.1, -0.05) is 23.7 Å². The molecule has 1 aromatic carbocycles. The maximum Gasteiger partial charge on any atom is 0.215 e. The molecule has 3 nitrogen and oxygen atoms in total. The Kier molecular flexibility index (Phi) is 2.56. The zero-order valence-corrected chi connectivity index (χ0v) is 8.55. The van der Waals surface area contributed by atoms with Gasteiger partial charge in [-0.15, -0.1) is 0 Å². The van der Waals surface area contributed by atoms with Crippen LogP contribution in [0.1, 0.15) is 16.1 Å². The molecule has 0 aliphatic carbocycles. The predicted molar refractivity (Wildman–Crippen MR) is 54.8 cm³/mol. The summed E-state index contributed by atoms with van der Waals surface area (Å²) in [6.07, 6.45) is 1.44. The minimum absolute atomic E-state index is 0.190. The third-order valence-electron chi connectivity index (χ3n) is 1.71. The number of rotatable bonds is 2. The Bertz CT molecular complexity index is 456. The van der Waals surface area contributed by atoms with E-state index in [-0.39, 0.29) is 5.78 Å². The van der Waals surface area contributed by atoms with Crippen molar-refractivity contribution in [2.24, 2.45) is 0 Å². The fraction of sp³-hybridized carbons (Fsp3) is 0. The highest BCUT2D eigenvalue weighted by Gasteiger charge is 2.14. The summed E-state index contributed by atoms with van der Waals surface area (Å²) in [6.45, 7) is 0. The van der Waals surface area contributed by atoms with Crippen LogP contribution in [-0.2, 0) is 0 Å². The summed E-state index contributed by atoms with van der Waals surface area (Å²) in [6, 6.07) is 6.88. The molecule has 0 atom stereocenters. The van der Waals surface area contributed by atoms with E-state index in [1.807, 2.05) is 0 Å². The Morgan fingerprint density at radius 1 is 1.36 bits per heavy atom. The van der Waals surface area contributed by atoms with Crippen LogP contribution in [0.3, 0.4) is 0 Å². The third kappa shape index (κ3) is 1.66. The molecule has 0 aliphatic heterocycles. The quantitative estimate of drug-likeness (QED) is 0.736. The number of carbonyl (C=O) groups is 1. The second-order valence-corrected chi connectivity index (χ2v) is 3.57. The standard InChI is InChI=1S/C9H5ClN2OS/c10-7-4-2-1-3-6(7)9(13)8-5-11-14-12-8/h1-5H. The molecule has 0 amide bonds. The van der Waals surface area contributed by atoms with Crippen LogP contribution in [0.2, 0.25) is 5.02 Å². The lowest BCUT2D eigenvalue weighted by molar-refractivity contribution is 0.103. The number of aromatic nitrogens is 2. The zero-order valence-electron chi connectivity index (χ0n) is 6.98. The summed E-state index contributed by atoms with van der Waals surface area (Å²) in [4.78, 5) is 11.7. The molecule has 0 N–H and O–H groups in total. The van der Waals surface area contributed by atoms with Crippen molar-refractivity contribution >= 4 is 29.1 Å². The van der Waals surface area contributed by atoms with Crippen molar-refractivity contribution in [3.05, 3.63) is 46.7 Å². The highest BCUT2D eigenvalue weighted by molar-refractivity contribution is 6.99. The Morgan fingerprint density at radius 2 is 2.14 bits per heavy atom. The van der Waals surface area contributed by atoms with Crippen molar-refractivity contribution in [1.82, 2.24) is 8.75 Å². The van der Waals surface area contributed by atoms with E-state index in [0.717, 1.165) is 11.7 Å². The van der Waals surface area contributed by atoms with Gasteiger partial charge < -0.3 is 0 Å². The number of hydrogen-bond donors (Lipinski definition) is 0. The minimum atomic E-state index is -0.190. The van der Waals surface area contributed by atoms with Gasteiger partial charge in [0.15, 0.2) is 0 Å². The normalized spacial score (nSPS) is 10.1. The Morgan fingerprint density at radius 3 is 2.79 bits per heavy atom. The first kappa shape index (κ1) is 9.30. The first-order chi connectivity index (χ1) is 6.79. The molecule has 0 saturated carbocycles. The lowest BCUT2D eigenvalue weighted by atomic mass is 10.1. The largest absolute Gasteiger partial charge is 0.287 e. The number of ketones is 1. The van der Waals surface area contributed by atoms with Crippen molar-refractivity contribution < 1.29 is 4.79 Å². The van der Waals surface area contributed by atoms with Crippen molar-refractivity contribution in [1.29, 1.82) is 0 Å². The van der Waals surface area contributed by atoms with Gasteiger partial charge in [-0.25, -0.2) is 0 Å². The van der Waals surface area contributed by atoms with Crippen LogP contribution >= 0.6 is 23.3 Å². The second kappa shape index (κ2) is 3.86. The van der Waals surface area contributed by atoms with Gasteiger partial charge in [-0.05, 0) is 12.1 Å². The lowest BCUT2D eigenvalue weighted by Crippen LogP contribution is -2.01. The molecule has 1 heterocycles. The maximum atomic E-state index is 11.7. The molecule has 0 spiro atoms. The molecular weight excluding hydrogens is 220 g/mol. The maximum absolute atomic E-state index is 11.7. The van der Waals surface area contributed by atoms with Crippen molar-refractivity contribution in [2.75, 3.05) is 0 Å². The summed E-state index contributed by atoms with van der Waals surface area (Å²) in [5.41, 5.74) is 0.796. The SMILES string of the molecule is O=C(c1cnsn1)c1ccccc1Cl. The molecule has 0 aliphatic rings. The fourth-order valence-corrected chi connectivity index (χ4v) is 1.68. The third-order valence-corrected chi connectivity index (χ3v) is 2.52. The second-order valence-electron chi connectivity index (χ2n) is 2.60. The molecule has 0 saturated heterocycles. The average molecular weight is 225 g/mol. The van der Waals surface area contributed by atoms with Crippen LogP contribution in [0.4, 0.5) is 0 Å². The minimum Gasteiger partial charge on any atom is -0.287 e. The van der Waals surface area contributed by atoms with Crippen LogP contribution in [-0.4, -0.2) is 14.5 Å². The first-order valence-corrected chi connectivity index (χ1v) is 4.96. The number of carbonyl (C=O) groups excluding carboxylic acids is 1. The topological polar surface area (TPSA) is 42.9 Å². The molecule has 1 aromatic heterocycles. The molecule has 70 valence electrons. The van der Waals surface area contributed by atoms with Crippen molar-refractivity contribution in [3.63, 3.8) is 0 Å². The monoisotopic (exact) mass is 224 g/mol. The van der Waals surface area contributed by atoms with E-state index in [4.69, 9.17) is 11.6 Å². The average Bonchev–Trinajstić information content (AvgIpc) is 2.70. The van der Waals surface area contributed by atoms with Crippen LogP contribution < -0.4 is 0 Å². The predicted octanol–water partition coefficient (Wildman–Crippen LogP) is 2.42. The van der Waals surface area contributed by atoms with Gasteiger partial charge >= 0.3 is 0 Å². The van der Waals surface area contributed by atoms with Gasteiger partial charge in [0.2, 0.25) is 5.78 Å². The number of halogens is 1. The van der Waals surface area contributed by atoms with Gasteiger partial charge in [0.25, 0.3) is 0 Å². The zero-order chi connectivity index (χ0) is 9.97. The number of benzene rings is 1. The Labute approximate surface area is 89.7 Å². The summed E-state index contributed by atoms with van der Waals surface area (Å²) < 4.78 is 7.62. The lowest BCUT2D eigenvalue weighted by Gasteiger charge is -1.98. The molecule has 0 radical (unpaired) electrons. The highest BCUT2D eigenvalue weighted by atomic mass is 35.5. The van der Waals surface area contributed by atoms with Crippen LogP contribution in [0.15, 0.2) is 30.5 Å². The molecule has 2 rings (SSSR count). The summed E-state index contributed by atoms with van der Waals surface area (Å²) in [5, 5.41) is 0.436. The van der Waals surface area contributed by atoms with Gasteiger partial charge in [0.05, 0.1) is 22.9 Å². The fourth-order valence-electron chi connectivity index (χ4n) is 1.05.